The van der Waals surface area contributed by atoms with Crippen molar-refractivity contribution in [1.82, 2.24) is 15.6 Å². The van der Waals surface area contributed by atoms with Crippen LogP contribution in [0.5, 0.6) is 0 Å². The van der Waals surface area contributed by atoms with E-state index in [1.807, 2.05) is 0 Å². The van der Waals surface area contributed by atoms with Crippen molar-refractivity contribution in [2.24, 2.45) is 5.14 Å². The van der Waals surface area contributed by atoms with Crippen molar-refractivity contribution in [3.63, 3.8) is 0 Å². The van der Waals surface area contributed by atoms with E-state index in [9.17, 15) is 13.2 Å². The van der Waals surface area contributed by atoms with Gasteiger partial charge < -0.3 is 11.1 Å². The monoisotopic (exact) mass is 297 g/mol. The molecule has 0 radical (unpaired) electrons. The van der Waals surface area contributed by atoms with E-state index < -0.39 is 15.9 Å². The molecular weight excluding hydrogens is 286 g/mol. The Morgan fingerprint density at radius 3 is 2.40 bits per heavy atom. The van der Waals surface area contributed by atoms with Gasteiger partial charge in [0.2, 0.25) is 21.5 Å². The molecule has 0 atom stereocenters. The molecule has 0 saturated heterocycles. The summed E-state index contributed by atoms with van der Waals surface area (Å²) in [5, 5.41) is 14.1. The van der Waals surface area contributed by atoms with Gasteiger partial charge in [-0.1, -0.05) is 12.1 Å². The summed E-state index contributed by atoms with van der Waals surface area (Å²) < 4.78 is 26.4. The normalized spacial score (nSPS) is 11.2. The first-order valence-corrected chi connectivity index (χ1v) is 6.90. The highest BCUT2D eigenvalue weighted by molar-refractivity contribution is 7.89. The molecule has 20 heavy (non-hydrogen) atoms. The molecule has 10 heteroatoms. The first kappa shape index (κ1) is 14.0. The lowest BCUT2D eigenvalue weighted by molar-refractivity contribution is 0.0941. The van der Waals surface area contributed by atoms with Crippen LogP contribution in [-0.4, -0.2) is 24.6 Å². The van der Waals surface area contributed by atoms with E-state index in [0.29, 0.717) is 5.56 Å². The predicted octanol–water partition coefficient (Wildman–Crippen LogP) is -0.771. The third-order valence-electron chi connectivity index (χ3n) is 2.43. The van der Waals surface area contributed by atoms with Gasteiger partial charge in [-0.15, -0.1) is 0 Å². The molecule has 106 valence electrons. The summed E-state index contributed by atoms with van der Waals surface area (Å²) in [5.41, 5.74) is 5.95. The van der Waals surface area contributed by atoms with Crippen molar-refractivity contribution >= 4 is 21.7 Å². The van der Waals surface area contributed by atoms with Crippen molar-refractivity contribution in [3.8, 4) is 0 Å². The van der Waals surface area contributed by atoms with Gasteiger partial charge >= 0.3 is 0 Å². The maximum Gasteiger partial charge on any atom is 0.277 e. The molecule has 1 heterocycles. The number of hydrogen-bond acceptors (Lipinski definition) is 7. The fraction of sp³-hybridized carbons (Fsp3) is 0.100. The quantitative estimate of drug-likeness (QED) is 0.669. The number of aromatic nitrogens is 2. The topological polar surface area (TPSA) is 154 Å². The predicted molar refractivity (Wildman–Crippen MR) is 67.7 cm³/mol. The molecule has 0 aliphatic rings. The molecule has 0 aliphatic carbocycles. The number of carbonyl (C=O) groups excluding carboxylic acids is 1. The van der Waals surface area contributed by atoms with Crippen LogP contribution in [-0.2, 0) is 16.6 Å². The van der Waals surface area contributed by atoms with Gasteiger partial charge in [0.05, 0.1) is 4.90 Å². The Hall–Kier alpha value is -2.46. The number of amides is 1. The van der Waals surface area contributed by atoms with Crippen LogP contribution in [0.3, 0.4) is 0 Å². The van der Waals surface area contributed by atoms with Crippen molar-refractivity contribution in [2.45, 2.75) is 11.4 Å². The number of nitrogens with two attached hydrogens (primary N) is 2. The lowest BCUT2D eigenvalue weighted by atomic mass is 10.2. The molecule has 2 aromatic rings. The summed E-state index contributed by atoms with van der Waals surface area (Å²) in [6.07, 6.45) is 0. The lowest BCUT2D eigenvalue weighted by Crippen LogP contribution is -2.24. The van der Waals surface area contributed by atoms with E-state index in [-0.39, 0.29) is 23.0 Å². The largest absolute Gasteiger partial charge is 0.379 e. The van der Waals surface area contributed by atoms with Gasteiger partial charge in [-0.2, -0.15) is 0 Å². The van der Waals surface area contributed by atoms with Gasteiger partial charge in [0.15, 0.2) is 0 Å². The average molecular weight is 297 g/mol. The van der Waals surface area contributed by atoms with Gasteiger partial charge in [-0.3, -0.25) is 4.79 Å². The van der Waals surface area contributed by atoms with Crippen LogP contribution < -0.4 is 16.2 Å². The molecule has 0 spiro atoms. The van der Waals surface area contributed by atoms with Crippen LogP contribution in [0.4, 0.5) is 5.82 Å². The summed E-state index contributed by atoms with van der Waals surface area (Å²) in [7, 11) is -3.73. The van der Waals surface area contributed by atoms with Crippen LogP contribution in [0.25, 0.3) is 0 Å². The standard InChI is InChI=1S/C10H11N5O4S/c11-9-8(14-19-15-9)10(16)13-5-6-1-3-7(4-2-6)20(12,17)18/h1-4H,5H2,(H2,11,15)(H,13,16)(H2,12,17,18). The molecule has 1 amide bonds. The highest BCUT2D eigenvalue weighted by Crippen LogP contribution is 2.09. The van der Waals surface area contributed by atoms with Gasteiger partial charge in [0.25, 0.3) is 5.91 Å². The minimum absolute atomic E-state index is 0.00229. The lowest BCUT2D eigenvalue weighted by Gasteiger charge is -2.04. The Morgan fingerprint density at radius 1 is 1.25 bits per heavy atom. The third kappa shape index (κ3) is 3.10. The number of hydrogen-bond donors (Lipinski definition) is 3. The number of nitrogen functional groups attached to an aromatic ring is 1. The summed E-state index contributed by atoms with van der Waals surface area (Å²) >= 11 is 0. The molecule has 2 rings (SSSR count). The number of anilines is 1. The van der Waals surface area contributed by atoms with Gasteiger partial charge in [-0.05, 0) is 28.0 Å². The molecular formula is C10H11N5O4S. The highest BCUT2D eigenvalue weighted by atomic mass is 32.2. The molecule has 0 saturated carbocycles. The van der Waals surface area contributed by atoms with E-state index in [0.717, 1.165) is 0 Å². The van der Waals surface area contributed by atoms with Crippen molar-refractivity contribution < 1.29 is 17.8 Å². The van der Waals surface area contributed by atoms with E-state index in [1.165, 1.54) is 24.3 Å². The van der Waals surface area contributed by atoms with Gasteiger partial charge in [-0.25, -0.2) is 18.2 Å². The van der Waals surface area contributed by atoms with Crippen molar-refractivity contribution in [1.29, 1.82) is 0 Å². The van der Waals surface area contributed by atoms with Crippen LogP contribution in [0.15, 0.2) is 33.8 Å². The Balaban J connectivity index is 2.02. The zero-order valence-corrected chi connectivity index (χ0v) is 10.9. The molecule has 0 bridgehead atoms. The summed E-state index contributed by atoms with van der Waals surface area (Å²) in [6.45, 7) is 0.163. The Kier molecular flexibility index (Phi) is 3.68. The van der Waals surface area contributed by atoms with E-state index in [1.54, 1.807) is 0 Å². The Morgan fingerprint density at radius 2 is 1.90 bits per heavy atom. The van der Waals surface area contributed by atoms with Crippen LogP contribution in [0.2, 0.25) is 0 Å². The second kappa shape index (κ2) is 5.27. The number of primary sulfonamides is 1. The maximum absolute atomic E-state index is 11.7. The first-order chi connectivity index (χ1) is 9.38. The second-order valence-electron chi connectivity index (χ2n) is 3.87. The highest BCUT2D eigenvalue weighted by Gasteiger charge is 2.15. The Bertz CT molecular complexity index is 722. The fourth-order valence-electron chi connectivity index (χ4n) is 1.42. The van der Waals surface area contributed by atoms with Crippen molar-refractivity contribution in [2.75, 3.05) is 5.73 Å². The smallest absolute Gasteiger partial charge is 0.277 e. The van der Waals surface area contributed by atoms with Crippen LogP contribution >= 0.6 is 0 Å². The zero-order chi connectivity index (χ0) is 14.8. The van der Waals surface area contributed by atoms with Gasteiger partial charge in [0, 0.05) is 6.54 Å². The van der Waals surface area contributed by atoms with E-state index in [2.05, 4.69) is 20.3 Å². The van der Waals surface area contributed by atoms with E-state index >= 15 is 0 Å². The van der Waals surface area contributed by atoms with Crippen molar-refractivity contribution in [3.05, 3.63) is 35.5 Å². The Labute approximate surface area is 114 Å². The third-order valence-corrected chi connectivity index (χ3v) is 3.36. The van der Waals surface area contributed by atoms with Crippen LogP contribution in [0, 0.1) is 0 Å². The molecule has 1 aromatic carbocycles. The number of rotatable bonds is 4. The summed E-state index contributed by atoms with van der Waals surface area (Å²) in [6, 6.07) is 5.76. The number of nitrogens with zero attached hydrogens (tertiary/aromatic N) is 2. The fourth-order valence-corrected chi connectivity index (χ4v) is 1.93. The van der Waals surface area contributed by atoms with Crippen LogP contribution in [0.1, 0.15) is 16.1 Å². The number of carbonyl (C=O) groups is 1. The minimum atomic E-state index is -3.73. The number of benzene rings is 1. The first-order valence-electron chi connectivity index (χ1n) is 5.36. The summed E-state index contributed by atoms with van der Waals surface area (Å²) in [4.78, 5) is 11.7. The molecule has 9 nitrogen and oxygen atoms in total. The van der Waals surface area contributed by atoms with E-state index in [4.69, 9.17) is 10.9 Å². The SMILES string of the molecule is Nc1nonc1C(=O)NCc1ccc(S(N)(=O)=O)cc1. The van der Waals surface area contributed by atoms with Gasteiger partial charge in [0.1, 0.15) is 0 Å². The molecule has 5 N–H and O–H groups in total. The molecule has 0 fully saturated rings. The number of sulfonamides is 1. The molecule has 0 unspecified atom stereocenters. The second-order valence-corrected chi connectivity index (χ2v) is 5.43. The minimum Gasteiger partial charge on any atom is -0.379 e. The molecule has 0 aliphatic heterocycles. The average Bonchev–Trinajstić information content (AvgIpc) is 2.82. The number of nitrogens with one attached hydrogen (secondary N) is 1. The molecule has 1 aromatic heterocycles. The zero-order valence-electron chi connectivity index (χ0n) is 10.1. The summed E-state index contributed by atoms with van der Waals surface area (Å²) in [5.74, 6) is -0.647. The maximum atomic E-state index is 11.7.